The van der Waals surface area contributed by atoms with Crippen molar-refractivity contribution in [2.75, 3.05) is 18.0 Å². The van der Waals surface area contributed by atoms with E-state index in [1.54, 1.807) is 0 Å². The van der Waals surface area contributed by atoms with Crippen molar-refractivity contribution in [1.82, 2.24) is 0 Å². The minimum Gasteiger partial charge on any atom is -0.364 e. The zero-order valence-corrected chi connectivity index (χ0v) is 12.9. The van der Waals surface area contributed by atoms with E-state index in [1.807, 2.05) is 49.4 Å². The summed E-state index contributed by atoms with van der Waals surface area (Å²) in [5.74, 6) is 0.179. The number of hydrogen-bond donors (Lipinski definition) is 0. The number of benzene rings is 2. The molecule has 110 valence electrons. The van der Waals surface area contributed by atoms with Crippen LogP contribution in [-0.4, -0.2) is 18.9 Å². The predicted molar refractivity (Wildman–Crippen MR) is 89.1 cm³/mol. The number of anilines is 1. The molecule has 2 aromatic carbocycles. The van der Waals surface area contributed by atoms with Gasteiger partial charge in [0.05, 0.1) is 6.54 Å². The number of carbonyl (C=O) groups excluding carboxylic acids is 1. The molecule has 0 saturated carbocycles. The van der Waals surface area contributed by atoms with Crippen molar-refractivity contribution >= 4 is 11.5 Å². The highest BCUT2D eigenvalue weighted by molar-refractivity contribution is 5.99. The molecule has 21 heavy (non-hydrogen) atoms. The Hall–Kier alpha value is -2.09. The van der Waals surface area contributed by atoms with Crippen LogP contribution in [0.15, 0.2) is 54.6 Å². The molecule has 0 heterocycles. The first-order valence-electron chi connectivity index (χ1n) is 7.60. The summed E-state index contributed by atoms with van der Waals surface area (Å²) in [4.78, 5) is 14.7. The second kappa shape index (κ2) is 7.63. The van der Waals surface area contributed by atoms with Crippen molar-refractivity contribution in [2.24, 2.45) is 0 Å². The molecule has 0 saturated heterocycles. The van der Waals surface area contributed by atoms with Crippen LogP contribution < -0.4 is 4.90 Å². The van der Waals surface area contributed by atoms with Crippen molar-refractivity contribution < 1.29 is 4.79 Å². The van der Waals surface area contributed by atoms with Crippen molar-refractivity contribution in [2.45, 2.75) is 26.7 Å². The fraction of sp³-hybridized carbons (Fsp3) is 0.316. The quantitative estimate of drug-likeness (QED) is 0.697. The van der Waals surface area contributed by atoms with Crippen molar-refractivity contribution in [3.8, 4) is 0 Å². The van der Waals surface area contributed by atoms with Gasteiger partial charge in [-0.1, -0.05) is 55.3 Å². The third kappa shape index (κ3) is 4.45. The maximum Gasteiger partial charge on any atom is 0.182 e. The van der Waals surface area contributed by atoms with Crippen LogP contribution >= 0.6 is 0 Å². The number of aryl methyl sites for hydroxylation is 1. The molecule has 0 bridgehead atoms. The minimum absolute atomic E-state index is 0.179. The molecule has 2 aromatic rings. The molecule has 0 aromatic heterocycles. The Morgan fingerprint density at radius 3 is 2.48 bits per heavy atom. The van der Waals surface area contributed by atoms with Gasteiger partial charge in [0.15, 0.2) is 5.78 Å². The Labute approximate surface area is 127 Å². The predicted octanol–water partition coefficient (Wildman–Crippen LogP) is 4.48. The first-order chi connectivity index (χ1) is 10.2. The van der Waals surface area contributed by atoms with Crippen LogP contribution in [0.4, 0.5) is 5.69 Å². The summed E-state index contributed by atoms with van der Waals surface area (Å²) in [5, 5.41) is 0. The number of unbranched alkanes of at least 4 members (excludes halogenated alkanes) is 1. The SMILES string of the molecule is CCCCN(CC(=O)c1cccc(C)c1)c1ccccc1. The number of hydrogen-bond acceptors (Lipinski definition) is 2. The first-order valence-corrected chi connectivity index (χ1v) is 7.60. The van der Waals surface area contributed by atoms with E-state index in [0.717, 1.165) is 36.2 Å². The van der Waals surface area contributed by atoms with E-state index in [2.05, 4.69) is 24.0 Å². The van der Waals surface area contributed by atoms with Crippen LogP contribution in [0.1, 0.15) is 35.7 Å². The number of ketones is 1. The van der Waals surface area contributed by atoms with Gasteiger partial charge in [-0.3, -0.25) is 4.79 Å². The summed E-state index contributed by atoms with van der Waals surface area (Å²) in [7, 11) is 0. The third-order valence-electron chi connectivity index (χ3n) is 3.58. The van der Waals surface area contributed by atoms with Gasteiger partial charge in [-0.15, -0.1) is 0 Å². The van der Waals surface area contributed by atoms with Gasteiger partial charge in [0.1, 0.15) is 0 Å². The van der Waals surface area contributed by atoms with Crippen LogP contribution in [0, 0.1) is 6.92 Å². The van der Waals surface area contributed by atoms with Gasteiger partial charge in [0.25, 0.3) is 0 Å². The molecule has 0 unspecified atom stereocenters. The van der Waals surface area contributed by atoms with E-state index in [1.165, 1.54) is 0 Å². The Balaban J connectivity index is 2.13. The monoisotopic (exact) mass is 281 g/mol. The molecular weight excluding hydrogens is 258 g/mol. The summed E-state index contributed by atoms with van der Waals surface area (Å²) < 4.78 is 0. The summed E-state index contributed by atoms with van der Waals surface area (Å²) in [6.07, 6.45) is 2.22. The molecule has 2 heteroatoms. The lowest BCUT2D eigenvalue weighted by Crippen LogP contribution is -2.30. The van der Waals surface area contributed by atoms with E-state index in [0.29, 0.717) is 6.54 Å². The van der Waals surface area contributed by atoms with Gasteiger partial charge in [-0.05, 0) is 31.5 Å². The van der Waals surface area contributed by atoms with E-state index < -0.39 is 0 Å². The van der Waals surface area contributed by atoms with Crippen LogP contribution in [0.5, 0.6) is 0 Å². The lowest BCUT2D eigenvalue weighted by Gasteiger charge is -2.24. The average molecular weight is 281 g/mol. The zero-order valence-electron chi connectivity index (χ0n) is 12.9. The first kappa shape index (κ1) is 15.3. The van der Waals surface area contributed by atoms with Gasteiger partial charge in [-0.2, -0.15) is 0 Å². The molecule has 0 aliphatic rings. The molecule has 0 aliphatic carbocycles. The number of nitrogens with zero attached hydrogens (tertiary/aromatic N) is 1. The lowest BCUT2D eigenvalue weighted by atomic mass is 10.1. The summed E-state index contributed by atoms with van der Waals surface area (Å²) >= 11 is 0. The van der Waals surface area contributed by atoms with E-state index >= 15 is 0 Å². The Bertz CT molecular complexity index is 577. The van der Waals surface area contributed by atoms with Gasteiger partial charge < -0.3 is 4.90 Å². The van der Waals surface area contributed by atoms with E-state index in [9.17, 15) is 4.79 Å². The second-order valence-corrected chi connectivity index (χ2v) is 5.40. The van der Waals surface area contributed by atoms with E-state index in [4.69, 9.17) is 0 Å². The highest BCUT2D eigenvalue weighted by Crippen LogP contribution is 2.15. The third-order valence-corrected chi connectivity index (χ3v) is 3.58. The van der Waals surface area contributed by atoms with Crippen LogP contribution in [0.25, 0.3) is 0 Å². The molecule has 2 rings (SSSR count). The van der Waals surface area contributed by atoms with E-state index in [-0.39, 0.29) is 5.78 Å². The molecule has 2 nitrogen and oxygen atoms in total. The fourth-order valence-corrected chi connectivity index (χ4v) is 2.37. The molecule has 0 radical (unpaired) electrons. The zero-order chi connectivity index (χ0) is 15.1. The average Bonchev–Trinajstić information content (AvgIpc) is 2.52. The van der Waals surface area contributed by atoms with Crippen LogP contribution in [0.3, 0.4) is 0 Å². The molecule has 0 amide bonds. The largest absolute Gasteiger partial charge is 0.364 e. The molecular formula is C19H23NO. The Morgan fingerprint density at radius 2 is 1.81 bits per heavy atom. The highest BCUT2D eigenvalue weighted by Gasteiger charge is 2.13. The number of para-hydroxylation sites is 1. The normalized spacial score (nSPS) is 10.4. The minimum atomic E-state index is 0.179. The fourth-order valence-electron chi connectivity index (χ4n) is 2.37. The number of rotatable bonds is 7. The van der Waals surface area contributed by atoms with Gasteiger partial charge in [0, 0.05) is 17.8 Å². The maximum absolute atomic E-state index is 12.5. The van der Waals surface area contributed by atoms with Gasteiger partial charge in [0.2, 0.25) is 0 Å². The molecule has 0 N–H and O–H groups in total. The molecule has 0 fully saturated rings. The van der Waals surface area contributed by atoms with Crippen molar-refractivity contribution in [3.63, 3.8) is 0 Å². The standard InChI is InChI=1S/C19H23NO/c1-3-4-13-20(18-11-6-5-7-12-18)15-19(21)17-10-8-9-16(2)14-17/h5-12,14H,3-4,13,15H2,1-2H3. The second-order valence-electron chi connectivity index (χ2n) is 5.40. The van der Waals surface area contributed by atoms with Crippen molar-refractivity contribution in [1.29, 1.82) is 0 Å². The Morgan fingerprint density at radius 1 is 1.05 bits per heavy atom. The number of Topliss-reactive ketones (excluding diaryl/α,β-unsaturated/α-hetero) is 1. The topological polar surface area (TPSA) is 20.3 Å². The van der Waals surface area contributed by atoms with Crippen LogP contribution in [0.2, 0.25) is 0 Å². The molecule has 0 spiro atoms. The van der Waals surface area contributed by atoms with Crippen LogP contribution in [-0.2, 0) is 0 Å². The summed E-state index contributed by atoms with van der Waals surface area (Å²) in [6, 6.07) is 18.0. The summed E-state index contributed by atoms with van der Waals surface area (Å²) in [5.41, 5.74) is 3.04. The summed E-state index contributed by atoms with van der Waals surface area (Å²) in [6.45, 7) is 5.54. The van der Waals surface area contributed by atoms with Gasteiger partial charge in [-0.25, -0.2) is 0 Å². The number of carbonyl (C=O) groups is 1. The molecule has 0 atom stereocenters. The van der Waals surface area contributed by atoms with Gasteiger partial charge >= 0.3 is 0 Å². The molecule has 0 aliphatic heterocycles. The smallest absolute Gasteiger partial charge is 0.182 e. The lowest BCUT2D eigenvalue weighted by molar-refractivity contribution is 0.0999. The van der Waals surface area contributed by atoms with Crippen molar-refractivity contribution in [3.05, 3.63) is 65.7 Å². The Kier molecular flexibility index (Phi) is 5.56. The highest BCUT2D eigenvalue weighted by atomic mass is 16.1. The maximum atomic E-state index is 12.5.